The van der Waals surface area contributed by atoms with Crippen LogP contribution in [-0.4, -0.2) is 37.2 Å². The second-order valence-corrected chi connectivity index (χ2v) is 23.4. The van der Waals surface area contributed by atoms with E-state index >= 15 is 0 Å². The second kappa shape index (κ2) is 70.6. The zero-order valence-electron chi connectivity index (χ0n) is 54.7. The van der Waals surface area contributed by atoms with Gasteiger partial charge in [0.05, 0.1) is 0 Å². The molecule has 1 atom stereocenters. The largest absolute Gasteiger partial charge is 0.462 e. The molecule has 0 saturated carbocycles. The Labute approximate surface area is 514 Å². The van der Waals surface area contributed by atoms with Crippen LogP contribution in [0.15, 0.2) is 109 Å². The van der Waals surface area contributed by atoms with Crippen molar-refractivity contribution in [3.05, 3.63) is 109 Å². The van der Waals surface area contributed by atoms with Crippen LogP contribution < -0.4 is 0 Å². The van der Waals surface area contributed by atoms with Crippen molar-refractivity contribution in [3.63, 3.8) is 0 Å². The number of hydrogen-bond acceptors (Lipinski definition) is 6. The van der Waals surface area contributed by atoms with E-state index in [1.165, 1.54) is 186 Å². The molecule has 0 aromatic carbocycles. The summed E-state index contributed by atoms with van der Waals surface area (Å²) >= 11 is 0. The first-order chi connectivity index (χ1) is 41.0. The van der Waals surface area contributed by atoms with E-state index in [9.17, 15) is 14.4 Å². The molecule has 6 heteroatoms. The molecule has 1 unspecified atom stereocenters. The number of carbonyl (C=O) groups is 3. The molecule has 0 aliphatic carbocycles. The molecule has 0 N–H and O–H groups in total. The van der Waals surface area contributed by atoms with Gasteiger partial charge in [-0.3, -0.25) is 14.4 Å². The van der Waals surface area contributed by atoms with E-state index in [1.807, 2.05) is 0 Å². The van der Waals surface area contributed by atoms with Crippen LogP contribution in [0.25, 0.3) is 0 Å². The highest BCUT2D eigenvalue weighted by atomic mass is 16.6. The number of carbonyl (C=O) groups excluding carboxylic acids is 3. The number of unbranched alkanes of at least 4 members (excludes halogenated alkanes) is 35. The minimum atomic E-state index is -0.792. The average molecular weight is 1150 g/mol. The molecule has 6 nitrogen and oxygen atoms in total. The van der Waals surface area contributed by atoms with Gasteiger partial charge in [0, 0.05) is 19.3 Å². The standard InChI is InChI=1S/C77H132O6/c1-4-7-10-13-16-19-22-25-28-31-34-36-38-40-43-46-49-52-55-58-61-64-67-70-76(79)82-73-74(72-81-75(78)69-66-63-60-57-54-51-48-45-42-33-30-27-24-21-18-15-12-9-6-3)83-77(80)71-68-65-62-59-56-53-50-47-44-41-39-37-35-32-29-26-23-20-17-14-11-8-5-2/h7,10,16,19,23,25-28,30,32,34-36,39-41,43,74H,4-6,8-9,11-15,17-18,20-22,24,29,31,33,37-38,42,44-73H2,1-3H3/b10-7-,19-16-,26-23-,28-25-,30-27-,35-32-,36-34-,41-39-,43-40-. The minimum Gasteiger partial charge on any atom is -0.462 e. The third kappa shape index (κ3) is 68.7. The molecule has 0 spiro atoms. The molecule has 0 fully saturated rings. The molecule has 0 aromatic heterocycles. The Balaban J connectivity index is 4.43. The van der Waals surface area contributed by atoms with Crippen molar-refractivity contribution in [2.24, 2.45) is 0 Å². The van der Waals surface area contributed by atoms with Crippen LogP contribution in [0, 0.1) is 0 Å². The van der Waals surface area contributed by atoms with E-state index in [0.717, 1.165) is 116 Å². The van der Waals surface area contributed by atoms with Crippen molar-refractivity contribution >= 4 is 17.9 Å². The SMILES string of the molecule is CC/C=C\C/C=C\C/C=C\C/C=C\C/C=C\CCCCCCCCCC(=O)OCC(COC(=O)CCCCCCCCCCC/C=C\CCCCCCCC)OC(=O)CCCCCCCCCC/C=C\C/C=C\C/C=C\CCCCCCC. The highest BCUT2D eigenvalue weighted by Crippen LogP contribution is 2.16. The van der Waals surface area contributed by atoms with Crippen molar-refractivity contribution < 1.29 is 28.6 Å². The van der Waals surface area contributed by atoms with E-state index in [0.29, 0.717) is 19.3 Å². The van der Waals surface area contributed by atoms with Gasteiger partial charge < -0.3 is 14.2 Å². The fourth-order valence-corrected chi connectivity index (χ4v) is 9.94. The van der Waals surface area contributed by atoms with Crippen LogP contribution in [0.5, 0.6) is 0 Å². The van der Waals surface area contributed by atoms with Crippen LogP contribution in [0.1, 0.15) is 342 Å². The molecule has 0 bridgehead atoms. The maximum Gasteiger partial charge on any atom is 0.306 e. The Morgan fingerprint density at radius 3 is 0.747 bits per heavy atom. The molecular weight excluding hydrogens is 1020 g/mol. The minimum absolute atomic E-state index is 0.0854. The maximum atomic E-state index is 13.0. The van der Waals surface area contributed by atoms with Gasteiger partial charge in [0.2, 0.25) is 0 Å². The number of ether oxygens (including phenoxy) is 3. The van der Waals surface area contributed by atoms with Gasteiger partial charge in [-0.05, 0) is 128 Å². The predicted molar refractivity (Wildman–Crippen MR) is 362 cm³/mol. The monoisotopic (exact) mass is 1150 g/mol. The van der Waals surface area contributed by atoms with Crippen molar-refractivity contribution in [2.45, 2.75) is 348 Å². The highest BCUT2D eigenvalue weighted by Gasteiger charge is 2.19. The zero-order chi connectivity index (χ0) is 59.9. The van der Waals surface area contributed by atoms with Gasteiger partial charge in [0.25, 0.3) is 0 Å². The molecule has 0 aliphatic rings. The fourth-order valence-electron chi connectivity index (χ4n) is 9.94. The quantitative estimate of drug-likeness (QED) is 0.0261. The molecule has 0 heterocycles. The van der Waals surface area contributed by atoms with Gasteiger partial charge in [-0.25, -0.2) is 0 Å². The summed E-state index contributed by atoms with van der Waals surface area (Å²) in [4.78, 5) is 38.5. The summed E-state index contributed by atoms with van der Waals surface area (Å²) in [6, 6.07) is 0. The van der Waals surface area contributed by atoms with Crippen molar-refractivity contribution in [3.8, 4) is 0 Å². The summed E-state index contributed by atoms with van der Waals surface area (Å²) in [5.74, 6) is -0.892. The first kappa shape index (κ1) is 79.1. The summed E-state index contributed by atoms with van der Waals surface area (Å²) in [7, 11) is 0. The number of allylic oxidation sites excluding steroid dienone is 18. The van der Waals surface area contributed by atoms with E-state index in [2.05, 4.69) is 130 Å². The Kier molecular flexibility index (Phi) is 67.2. The second-order valence-electron chi connectivity index (χ2n) is 23.4. The summed E-state index contributed by atoms with van der Waals surface area (Å²) in [5, 5.41) is 0. The number of hydrogen-bond donors (Lipinski definition) is 0. The zero-order valence-corrected chi connectivity index (χ0v) is 54.7. The van der Waals surface area contributed by atoms with Gasteiger partial charge in [-0.2, -0.15) is 0 Å². The van der Waals surface area contributed by atoms with E-state index in [-0.39, 0.29) is 31.1 Å². The first-order valence-corrected chi connectivity index (χ1v) is 35.4. The van der Waals surface area contributed by atoms with Crippen LogP contribution >= 0.6 is 0 Å². The number of esters is 3. The lowest BCUT2D eigenvalue weighted by Crippen LogP contribution is -2.30. The topological polar surface area (TPSA) is 78.9 Å². The first-order valence-electron chi connectivity index (χ1n) is 35.4. The Bertz CT molecular complexity index is 1660. The predicted octanol–water partition coefficient (Wildman–Crippen LogP) is 24.6. The van der Waals surface area contributed by atoms with Crippen LogP contribution in [0.3, 0.4) is 0 Å². The molecule has 0 amide bonds. The van der Waals surface area contributed by atoms with Gasteiger partial charge in [-0.15, -0.1) is 0 Å². The summed E-state index contributed by atoms with van der Waals surface area (Å²) in [6.07, 6.45) is 96.7. The van der Waals surface area contributed by atoms with Crippen molar-refractivity contribution in [1.82, 2.24) is 0 Å². The average Bonchev–Trinajstić information content (AvgIpc) is 3.49. The van der Waals surface area contributed by atoms with Gasteiger partial charge in [0.1, 0.15) is 13.2 Å². The van der Waals surface area contributed by atoms with Crippen molar-refractivity contribution in [2.75, 3.05) is 13.2 Å². The van der Waals surface area contributed by atoms with Crippen molar-refractivity contribution in [1.29, 1.82) is 0 Å². The van der Waals surface area contributed by atoms with Gasteiger partial charge in [-0.1, -0.05) is 304 Å². The molecule has 0 rings (SSSR count). The van der Waals surface area contributed by atoms with Crippen LogP contribution in [0.4, 0.5) is 0 Å². The molecule has 0 radical (unpaired) electrons. The van der Waals surface area contributed by atoms with E-state index < -0.39 is 6.10 Å². The highest BCUT2D eigenvalue weighted by molar-refractivity contribution is 5.71. The summed E-state index contributed by atoms with van der Waals surface area (Å²) in [6.45, 7) is 6.53. The third-order valence-electron chi connectivity index (χ3n) is 15.2. The Morgan fingerprint density at radius 2 is 0.470 bits per heavy atom. The summed E-state index contributed by atoms with van der Waals surface area (Å²) in [5.41, 5.74) is 0. The molecule has 476 valence electrons. The van der Waals surface area contributed by atoms with Gasteiger partial charge in [0.15, 0.2) is 6.10 Å². The lowest BCUT2D eigenvalue weighted by Gasteiger charge is -2.18. The Hall–Kier alpha value is -3.93. The normalized spacial score (nSPS) is 12.8. The lowest BCUT2D eigenvalue weighted by atomic mass is 10.1. The molecule has 0 aliphatic heterocycles. The van der Waals surface area contributed by atoms with E-state index in [1.54, 1.807) is 0 Å². The van der Waals surface area contributed by atoms with Crippen LogP contribution in [-0.2, 0) is 28.6 Å². The molecule has 0 saturated heterocycles. The molecule has 83 heavy (non-hydrogen) atoms. The number of rotatable bonds is 64. The molecule has 0 aromatic rings. The third-order valence-corrected chi connectivity index (χ3v) is 15.2. The molecular formula is C77H132O6. The maximum absolute atomic E-state index is 13.0. The van der Waals surface area contributed by atoms with E-state index in [4.69, 9.17) is 14.2 Å². The van der Waals surface area contributed by atoms with Gasteiger partial charge >= 0.3 is 17.9 Å². The lowest BCUT2D eigenvalue weighted by molar-refractivity contribution is -0.167. The fraction of sp³-hybridized carbons (Fsp3) is 0.727. The van der Waals surface area contributed by atoms with Crippen LogP contribution in [0.2, 0.25) is 0 Å². The summed E-state index contributed by atoms with van der Waals surface area (Å²) < 4.78 is 17.0. The smallest absolute Gasteiger partial charge is 0.306 e. The Morgan fingerprint density at radius 1 is 0.253 bits per heavy atom.